The van der Waals surface area contributed by atoms with Crippen molar-refractivity contribution in [3.8, 4) is 0 Å². The molecule has 0 spiro atoms. The van der Waals surface area contributed by atoms with Crippen molar-refractivity contribution in [3.05, 3.63) is 71.4 Å². The molecule has 178 valence electrons. The minimum atomic E-state index is -1.79. The van der Waals surface area contributed by atoms with Gasteiger partial charge in [0.25, 0.3) is 0 Å². The highest BCUT2D eigenvalue weighted by Crippen LogP contribution is 2.36. The van der Waals surface area contributed by atoms with E-state index in [1.54, 1.807) is 11.1 Å². The summed E-state index contributed by atoms with van der Waals surface area (Å²) in [5.74, 6) is -0.221. The number of aromatic nitrogens is 1. The van der Waals surface area contributed by atoms with Gasteiger partial charge >= 0.3 is 0 Å². The molecular formula is C24H22Cl4N4OS. The maximum absolute atomic E-state index is 12.8. The minimum Gasteiger partial charge on any atom is -0.332 e. The SMILES string of the molecule is O=C(CCc1ccccc1)NC(N1CCCN(c2cccc3cc(Cl)cnc23)C1=S)C(Cl)(Cl)Cl. The van der Waals surface area contributed by atoms with Gasteiger partial charge in [0.15, 0.2) is 11.3 Å². The molecule has 1 atom stereocenters. The normalized spacial score (nSPS) is 15.5. The molecule has 2 heterocycles. The van der Waals surface area contributed by atoms with Crippen LogP contribution in [-0.2, 0) is 11.2 Å². The Morgan fingerprint density at radius 2 is 1.88 bits per heavy atom. The maximum atomic E-state index is 12.8. The molecule has 0 radical (unpaired) electrons. The van der Waals surface area contributed by atoms with E-state index in [4.69, 9.17) is 58.6 Å². The van der Waals surface area contributed by atoms with Gasteiger partial charge in [-0.05, 0) is 42.8 Å². The predicted molar refractivity (Wildman–Crippen MR) is 145 cm³/mol. The lowest BCUT2D eigenvalue weighted by Crippen LogP contribution is -2.62. The van der Waals surface area contributed by atoms with Gasteiger partial charge in [-0.3, -0.25) is 9.78 Å². The van der Waals surface area contributed by atoms with Crippen LogP contribution < -0.4 is 10.2 Å². The second kappa shape index (κ2) is 10.8. The molecule has 34 heavy (non-hydrogen) atoms. The summed E-state index contributed by atoms with van der Waals surface area (Å²) >= 11 is 31.0. The Bertz CT molecular complexity index is 1190. The number of benzene rings is 2. The third-order valence-corrected chi connectivity index (χ3v) is 6.89. The summed E-state index contributed by atoms with van der Waals surface area (Å²) in [6.45, 7) is 1.21. The number of nitrogens with zero attached hydrogens (tertiary/aromatic N) is 3. The molecule has 1 fully saturated rings. The fourth-order valence-electron chi connectivity index (χ4n) is 4.01. The van der Waals surface area contributed by atoms with E-state index in [1.807, 2.05) is 59.5 Å². The van der Waals surface area contributed by atoms with Crippen molar-refractivity contribution in [2.45, 2.75) is 29.2 Å². The molecule has 1 amide bonds. The molecule has 3 aromatic rings. The number of aryl methyl sites for hydroxylation is 1. The lowest BCUT2D eigenvalue weighted by molar-refractivity contribution is -0.122. The van der Waals surface area contributed by atoms with Crippen LogP contribution in [0, 0.1) is 0 Å². The number of carbonyl (C=O) groups excluding carboxylic acids is 1. The van der Waals surface area contributed by atoms with Gasteiger partial charge in [-0.1, -0.05) is 88.9 Å². The molecule has 1 aromatic heterocycles. The van der Waals surface area contributed by atoms with Crippen molar-refractivity contribution in [3.63, 3.8) is 0 Å². The predicted octanol–water partition coefficient (Wildman–Crippen LogP) is 6.13. The van der Waals surface area contributed by atoms with Gasteiger partial charge in [-0.15, -0.1) is 0 Å². The lowest BCUT2D eigenvalue weighted by atomic mass is 10.1. The number of anilines is 1. The zero-order chi connectivity index (χ0) is 24.3. The number of nitrogens with one attached hydrogen (secondary N) is 1. The summed E-state index contributed by atoms with van der Waals surface area (Å²) in [7, 11) is 0. The fraction of sp³-hybridized carbons (Fsp3) is 0.292. The number of carbonyl (C=O) groups is 1. The smallest absolute Gasteiger partial charge is 0.228 e. The van der Waals surface area contributed by atoms with E-state index in [-0.39, 0.29) is 12.3 Å². The second-order valence-corrected chi connectivity index (χ2v) is 11.2. The number of para-hydroxylation sites is 1. The molecule has 0 saturated carbocycles. The molecule has 0 aliphatic carbocycles. The van der Waals surface area contributed by atoms with Crippen LogP contribution in [0.2, 0.25) is 5.02 Å². The molecule has 1 unspecified atom stereocenters. The Morgan fingerprint density at radius 1 is 1.12 bits per heavy atom. The minimum absolute atomic E-state index is 0.221. The number of amides is 1. The number of thiocarbonyl (C=S) groups is 1. The Hall–Kier alpha value is -1.83. The van der Waals surface area contributed by atoms with Crippen molar-refractivity contribution in [1.29, 1.82) is 0 Å². The summed E-state index contributed by atoms with van der Waals surface area (Å²) in [5.41, 5.74) is 2.67. The molecule has 5 nitrogen and oxygen atoms in total. The quantitative estimate of drug-likeness (QED) is 0.293. The molecule has 10 heteroatoms. The Balaban J connectivity index is 1.55. The summed E-state index contributed by atoms with van der Waals surface area (Å²) in [4.78, 5) is 21.0. The number of hydrogen-bond donors (Lipinski definition) is 1. The first kappa shape index (κ1) is 25.3. The molecule has 0 bridgehead atoms. The second-order valence-electron chi connectivity index (χ2n) is 7.98. The van der Waals surface area contributed by atoms with E-state index >= 15 is 0 Å². The summed E-state index contributed by atoms with van der Waals surface area (Å²) in [6.07, 6.45) is 2.28. The van der Waals surface area contributed by atoms with Crippen LogP contribution in [0.15, 0.2) is 60.8 Å². The fourth-order valence-corrected chi connectivity index (χ4v) is 5.08. The Labute approximate surface area is 223 Å². The topological polar surface area (TPSA) is 48.5 Å². The van der Waals surface area contributed by atoms with Crippen molar-refractivity contribution < 1.29 is 4.79 Å². The van der Waals surface area contributed by atoms with Crippen LogP contribution in [0.5, 0.6) is 0 Å². The van der Waals surface area contributed by atoms with Gasteiger partial charge in [0.1, 0.15) is 0 Å². The number of pyridine rings is 1. The van der Waals surface area contributed by atoms with Crippen molar-refractivity contribution in [2.75, 3.05) is 18.0 Å². The molecule has 1 N–H and O–H groups in total. The number of rotatable bonds is 6. The van der Waals surface area contributed by atoms with Crippen LogP contribution in [-0.4, -0.2) is 44.0 Å². The Morgan fingerprint density at radius 3 is 2.62 bits per heavy atom. The number of alkyl halides is 3. The van der Waals surface area contributed by atoms with E-state index in [2.05, 4.69) is 10.3 Å². The van der Waals surface area contributed by atoms with Gasteiger partial charge in [0, 0.05) is 31.1 Å². The number of hydrogen-bond acceptors (Lipinski definition) is 3. The van der Waals surface area contributed by atoms with Gasteiger partial charge in [-0.25, -0.2) is 0 Å². The molecule has 4 rings (SSSR count). The number of fused-ring (bicyclic) bond motifs is 1. The van der Waals surface area contributed by atoms with Gasteiger partial charge in [0.05, 0.1) is 16.2 Å². The highest BCUT2D eigenvalue weighted by Gasteiger charge is 2.42. The largest absolute Gasteiger partial charge is 0.332 e. The van der Waals surface area contributed by atoms with Gasteiger partial charge in [-0.2, -0.15) is 0 Å². The average molecular weight is 556 g/mol. The van der Waals surface area contributed by atoms with Crippen LogP contribution in [0.3, 0.4) is 0 Å². The van der Waals surface area contributed by atoms with Gasteiger partial charge in [0.2, 0.25) is 9.70 Å². The molecular weight excluding hydrogens is 534 g/mol. The van der Waals surface area contributed by atoms with E-state index in [9.17, 15) is 4.79 Å². The van der Waals surface area contributed by atoms with Crippen LogP contribution in [0.4, 0.5) is 5.69 Å². The molecule has 1 saturated heterocycles. The van der Waals surface area contributed by atoms with E-state index < -0.39 is 9.96 Å². The Kier molecular flexibility index (Phi) is 8.05. The van der Waals surface area contributed by atoms with Crippen LogP contribution >= 0.6 is 58.6 Å². The van der Waals surface area contributed by atoms with Crippen molar-refractivity contribution in [2.24, 2.45) is 0 Å². The number of halogens is 4. The molecule has 1 aliphatic rings. The van der Waals surface area contributed by atoms with Gasteiger partial charge < -0.3 is 15.1 Å². The van der Waals surface area contributed by atoms with E-state index in [0.717, 1.165) is 28.6 Å². The first-order valence-electron chi connectivity index (χ1n) is 10.8. The summed E-state index contributed by atoms with van der Waals surface area (Å²) in [5, 5.41) is 4.80. The third kappa shape index (κ3) is 5.86. The standard InChI is InChI=1S/C24H22Cl4N4OS/c25-18-14-17-8-4-9-19(21(17)29-15-18)31-12-5-13-32(23(31)34)22(24(26,27)28)30-20(33)11-10-16-6-2-1-3-7-16/h1-4,6-9,14-15,22H,5,10-13H2,(H,30,33). The average Bonchev–Trinajstić information content (AvgIpc) is 2.81. The first-order valence-corrected chi connectivity index (χ1v) is 12.7. The zero-order valence-corrected chi connectivity index (χ0v) is 21.9. The molecule has 1 aliphatic heterocycles. The highest BCUT2D eigenvalue weighted by atomic mass is 35.6. The van der Waals surface area contributed by atoms with E-state index in [0.29, 0.717) is 29.6 Å². The van der Waals surface area contributed by atoms with Crippen LogP contribution in [0.1, 0.15) is 18.4 Å². The first-order chi connectivity index (χ1) is 16.2. The summed E-state index contributed by atoms with van der Waals surface area (Å²) in [6, 6.07) is 17.4. The highest BCUT2D eigenvalue weighted by molar-refractivity contribution is 7.80. The lowest BCUT2D eigenvalue weighted by Gasteiger charge is -2.44. The van der Waals surface area contributed by atoms with Crippen molar-refractivity contribution in [1.82, 2.24) is 15.2 Å². The summed E-state index contributed by atoms with van der Waals surface area (Å²) < 4.78 is -1.79. The van der Waals surface area contributed by atoms with Crippen LogP contribution in [0.25, 0.3) is 10.9 Å². The zero-order valence-electron chi connectivity index (χ0n) is 18.1. The van der Waals surface area contributed by atoms with Crippen molar-refractivity contribution >= 4 is 86.2 Å². The monoisotopic (exact) mass is 554 g/mol. The van der Waals surface area contributed by atoms with E-state index in [1.165, 1.54) is 0 Å². The third-order valence-electron chi connectivity index (χ3n) is 5.61. The molecule has 2 aromatic carbocycles. The maximum Gasteiger partial charge on any atom is 0.228 e.